The molecule has 0 amide bonds. The highest BCUT2D eigenvalue weighted by molar-refractivity contribution is 7.09. The summed E-state index contributed by atoms with van der Waals surface area (Å²) in [5.41, 5.74) is 6.32. The Hall–Kier alpha value is -0.420. The molecule has 0 radical (unpaired) electrons. The molecule has 1 unspecified atom stereocenters. The molecule has 3 rings (SSSR count). The predicted octanol–water partition coefficient (Wildman–Crippen LogP) is 3.00. The van der Waals surface area contributed by atoms with E-state index >= 15 is 0 Å². The van der Waals surface area contributed by atoms with Crippen LogP contribution in [0.15, 0.2) is 17.5 Å². The first-order chi connectivity index (χ1) is 9.55. The van der Waals surface area contributed by atoms with Gasteiger partial charge in [0.05, 0.1) is 5.60 Å². The summed E-state index contributed by atoms with van der Waals surface area (Å²) in [6, 6.07) is 5.12. The minimum atomic E-state index is -0.0553. The molecule has 0 spiro atoms. The highest BCUT2D eigenvalue weighted by Crippen LogP contribution is 2.42. The summed E-state index contributed by atoms with van der Waals surface area (Å²) in [5.74, 6) is 0. The van der Waals surface area contributed by atoms with Crippen molar-refractivity contribution in [2.45, 2.75) is 63.3 Å². The van der Waals surface area contributed by atoms with Gasteiger partial charge in [-0.25, -0.2) is 0 Å². The van der Waals surface area contributed by atoms with Crippen molar-refractivity contribution in [2.24, 2.45) is 5.73 Å². The monoisotopic (exact) mass is 294 g/mol. The second kappa shape index (κ2) is 5.41. The summed E-state index contributed by atoms with van der Waals surface area (Å²) in [6.45, 7) is 7.02. The smallest absolute Gasteiger partial charge is 0.0644 e. The molecule has 112 valence electrons. The molecule has 2 aliphatic rings. The van der Waals surface area contributed by atoms with Gasteiger partial charge in [0, 0.05) is 36.2 Å². The summed E-state index contributed by atoms with van der Waals surface area (Å²) < 4.78 is 5.93. The van der Waals surface area contributed by atoms with Crippen molar-refractivity contribution >= 4 is 11.3 Å². The van der Waals surface area contributed by atoms with Crippen LogP contribution in [0.4, 0.5) is 0 Å². The van der Waals surface area contributed by atoms with E-state index in [1.54, 1.807) is 0 Å². The molecule has 20 heavy (non-hydrogen) atoms. The van der Waals surface area contributed by atoms with Gasteiger partial charge in [-0.05, 0) is 51.0 Å². The lowest BCUT2D eigenvalue weighted by Crippen LogP contribution is -2.60. The number of rotatable bonds is 5. The lowest BCUT2D eigenvalue weighted by molar-refractivity contribution is -0.122. The van der Waals surface area contributed by atoms with Gasteiger partial charge >= 0.3 is 0 Å². The third-order valence-corrected chi connectivity index (χ3v) is 5.56. The maximum atomic E-state index is 6.26. The number of nitrogens with two attached hydrogens (primary N) is 1. The van der Waals surface area contributed by atoms with Crippen molar-refractivity contribution in [3.63, 3.8) is 0 Å². The number of thiophene rings is 1. The molecule has 1 saturated heterocycles. The van der Waals surface area contributed by atoms with Gasteiger partial charge in [-0.2, -0.15) is 0 Å². The number of nitrogens with zero attached hydrogens (tertiary/aromatic N) is 1. The van der Waals surface area contributed by atoms with Crippen LogP contribution in [-0.4, -0.2) is 35.2 Å². The number of hydrogen-bond acceptors (Lipinski definition) is 4. The molecule has 2 heterocycles. The Morgan fingerprint density at radius 3 is 2.80 bits per heavy atom. The van der Waals surface area contributed by atoms with E-state index in [1.165, 1.54) is 17.7 Å². The van der Waals surface area contributed by atoms with Gasteiger partial charge in [0.2, 0.25) is 0 Å². The summed E-state index contributed by atoms with van der Waals surface area (Å²) >= 11 is 1.86. The third-order valence-electron chi connectivity index (χ3n) is 4.70. The van der Waals surface area contributed by atoms with Crippen molar-refractivity contribution in [2.75, 3.05) is 13.2 Å². The van der Waals surface area contributed by atoms with Gasteiger partial charge in [-0.3, -0.25) is 4.90 Å². The molecule has 1 aliphatic carbocycles. The topological polar surface area (TPSA) is 38.5 Å². The molecule has 3 nitrogen and oxygen atoms in total. The van der Waals surface area contributed by atoms with Crippen molar-refractivity contribution in [1.29, 1.82) is 0 Å². The second-order valence-electron chi connectivity index (χ2n) is 6.90. The van der Waals surface area contributed by atoms with Crippen LogP contribution in [0, 0.1) is 0 Å². The first-order valence-electron chi connectivity index (χ1n) is 7.68. The fourth-order valence-electron chi connectivity index (χ4n) is 3.63. The van der Waals surface area contributed by atoms with E-state index in [4.69, 9.17) is 10.5 Å². The lowest BCUT2D eigenvalue weighted by Gasteiger charge is -2.51. The van der Waals surface area contributed by atoms with Gasteiger partial charge in [-0.15, -0.1) is 11.3 Å². The van der Waals surface area contributed by atoms with Gasteiger partial charge < -0.3 is 10.5 Å². The molecule has 2 N–H and O–H groups in total. The average Bonchev–Trinajstić information content (AvgIpc) is 3.11. The number of ether oxygens (including phenoxy) is 1. The van der Waals surface area contributed by atoms with E-state index in [-0.39, 0.29) is 11.1 Å². The third kappa shape index (κ3) is 2.93. The molecule has 0 aromatic carbocycles. The normalized spacial score (nSPS) is 29.8. The zero-order valence-electron chi connectivity index (χ0n) is 12.6. The van der Waals surface area contributed by atoms with E-state index in [0.29, 0.717) is 0 Å². The highest BCUT2D eigenvalue weighted by atomic mass is 32.1. The zero-order valence-corrected chi connectivity index (χ0v) is 13.4. The molecule has 1 aliphatic heterocycles. The minimum absolute atomic E-state index is 0.0553. The van der Waals surface area contributed by atoms with E-state index in [1.807, 2.05) is 11.3 Å². The van der Waals surface area contributed by atoms with E-state index in [9.17, 15) is 0 Å². The largest absolute Gasteiger partial charge is 0.375 e. The Balaban J connectivity index is 1.83. The molecular formula is C16H26N2OS. The zero-order chi connectivity index (χ0) is 14.2. The predicted molar refractivity (Wildman–Crippen MR) is 83.9 cm³/mol. The molecule has 1 aromatic rings. The molecule has 1 atom stereocenters. The van der Waals surface area contributed by atoms with Gasteiger partial charge in [-0.1, -0.05) is 6.07 Å². The van der Waals surface area contributed by atoms with Crippen LogP contribution in [0.2, 0.25) is 0 Å². The molecule has 0 bridgehead atoms. The maximum Gasteiger partial charge on any atom is 0.0644 e. The van der Waals surface area contributed by atoms with Crippen LogP contribution < -0.4 is 5.73 Å². The summed E-state index contributed by atoms with van der Waals surface area (Å²) in [5, 5.41) is 2.17. The quantitative estimate of drug-likeness (QED) is 0.907. The van der Waals surface area contributed by atoms with Crippen molar-refractivity contribution in [1.82, 2.24) is 4.90 Å². The Morgan fingerprint density at radius 1 is 1.45 bits per heavy atom. The van der Waals surface area contributed by atoms with Gasteiger partial charge in [0.15, 0.2) is 0 Å². The first-order valence-corrected chi connectivity index (χ1v) is 8.56. The maximum absolute atomic E-state index is 6.26. The fraction of sp³-hybridized carbons (Fsp3) is 0.750. The van der Waals surface area contributed by atoms with Crippen molar-refractivity contribution in [3.8, 4) is 0 Å². The van der Waals surface area contributed by atoms with Crippen LogP contribution in [0.25, 0.3) is 0 Å². The van der Waals surface area contributed by atoms with Crippen molar-refractivity contribution < 1.29 is 4.74 Å². The van der Waals surface area contributed by atoms with Gasteiger partial charge in [0.1, 0.15) is 0 Å². The fourth-order valence-corrected chi connectivity index (χ4v) is 4.33. The van der Waals surface area contributed by atoms with Crippen LogP contribution in [0.3, 0.4) is 0 Å². The Bertz CT molecular complexity index is 441. The number of hydrogen-bond donors (Lipinski definition) is 1. The molecule has 1 aromatic heterocycles. The van der Waals surface area contributed by atoms with Crippen LogP contribution in [-0.2, 0) is 11.3 Å². The Labute approximate surface area is 126 Å². The van der Waals surface area contributed by atoms with Crippen LogP contribution in [0.1, 0.15) is 44.4 Å². The van der Waals surface area contributed by atoms with E-state index < -0.39 is 0 Å². The average molecular weight is 294 g/mol. The Kier molecular flexibility index (Phi) is 3.93. The summed E-state index contributed by atoms with van der Waals surface area (Å²) in [4.78, 5) is 4.15. The van der Waals surface area contributed by atoms with E-state index in [2.05, 4.69) is 36.3 Å². The standard InChI is InChI=1S/C16H26N2OS/c1-15(2)11-16(12-17,7-8-19-15)18(13-5-6-13)10-14-4-3-9-20-14/h3-4,9,13H,5-8,10-12,17H2,1-2H3. The summed E-state index contributed by atoms with van der Waals surface area (Å²) in [7, 11) is 0. The molecule has 1 saturated carbocycles. The first kappa shape index (κ1) is 14.5. The highest BCUT2D eigenvalue weighted by Gasteiger charge is 2.48. The molecule has 2 fully saturated rings. The van der Waals surface area contributed by atoms with Crippen molar-refractivity contribution in [3.05, 3.63) is 22.4 Å². The van der Waals surface area contributed by atoms with Gasteiger partial charge in [0.25, 0.3) is 0 Å². The molecular weight excluding hydrogens is 268 g/mol. The summed E-state index contributed by atoms with van der Waals surface area (Å²) in [6.07, 6.45) is 4.76. The Morgan fingerprint density at radius 2 is 2.25 bits per heavy atom. The van der Waals surface area contributed by atoms with E-state index in [0.717, 1.165) is 38.6 Å². The van der Waals surface area contributed by atoms with Crippen LogP contribution in [0.5, 0.6) is 0 Å². The lowest BCUT2D eigenvalue weighted by atomic mass is 9.79. The minimum Gasteiger partial charge on any atom is -0.375 e. The van der Waals surface area contributed by atoms with Crippen LogP contribution >= 0.6 is 11.3 Å². The SMILES string of the molecule is CC1(C)CC(CN)(N(Cc2cccs2)C2CC2)CCO1. The molecule has 4 heteroatoms. The second-order valence-corrected chi connectivity index (χ2v) is 7.93.